The van der Waals surface area contributed by atoms with Crippen molar-refractivity contribution in [3.63, 3.8) is 0 Å². The Morgan fingerprint density at radius 1 is 1.50 bits per heavy atom. The van der Waals surface area contributed by atoms with Crippen molar-refractivity contribution in [2.75, 3.05) is 11.4 Å². The topological polar surface area (TPSA) is 42.1 Å². The Bertz CT molecular complexity index is 332. The molecule has 88 valence electrons. The van der Waals surface area contributed by atoms with Gasteiger partial charge in [-0.15, -0.1) is 0 Å². The van der Waals surface area contributed by atoms with Crippen LogP contribution in [0.15, 0.2) is 18.3 Å². The Morgan fingerprint density at radius 3 is 2.88 bits per heavy atom. The number of rotatable bonds is 3. The number of hydrogen-bond acceptors (Lipinski definition) is 3. The van der Waals surface area contributed by atoms with Crippen LogP contribution in [0.4, 0.5) is 5.69 Å². The molecule has 1 aliphatic heterocycles. The highest BCUT2D eigenvalue weighted by molar-refractivity contribution is 5.46. The lowest BCUT2D eigenvalue weighted by Crippen LogP contribution is -2.33. The predicted molar refractivity (Wildman–Crippen MR) is 67.3 cm³/mol. The van der Waals surface area contributed by atoms with Gasteiger partial charge < -0.3 is 10.6 Å². The van der Waals surface area contributed by atoms with Crippen LogP contribution in [0.5, 0.6) is 0 Å². The fraction of sp³-hybridized carbons (Fsp3) is 0.615. The lowest BCUT2D eigenvalue weighted by molar-refractivity contribution is 0.491. The second-order valence-electron chi connectivity index (χ2n) is 4.86. The van der Waals surface area contributed by atoms with Crippen LogP contribution in [0.1, 0.15) is 32.4 Å². The van der Waals surface area contributed by atoms with Crippen molar-refractivity contribution in [3.05, 3.63) is 24.0 Å². The van der Waals surface area contributed by atoms with E-state index in [1.54, 1.807) is 0 Å². The first-order valence-corrected chi connectivity index (χ1v) is 6.14. The fourth-order valence-electron chi connectivity index (χ4n) is 2.51. The average Bonchev–Trinajstić information content (AvgIpc) is 2.78. The molecule has 2 heterocycles. The Balaban J connectivity index is 2.16. The third-order valence-electron chi connectivity index (χ3n) is 3.42. The van der Waals surface area contributed by atoms with Gasteiger partial charge in [-0.25, -0.2) is 0 Å². The van der Waals surface area contributed by atoms with Crippen LogP contribution in [0.3, 0.4) is 0 Å². The summed E-state index contributed by atoms with van der Waals surface area (Å²) in [5.74, 6) is 0.705. The summed E-state index contributed by atoms with van der Waals surface area (Å²) in [7, 11) is 0. The number of hydrogen-bond donors (Lipinski definition) is 1. The maximum atomic E-state index is 5.55. The highest BCUT2D eigenvalue weighted by Crippen LogP contribution is 2.29. The predicted octanol–water partition coefficient (Wildman–Crippen LogP) is 2.17. The van der Waals surface area contributed by atoms with Crippen molar-refractivity contribution in [1.29, 1.82) is 0 Å². The zero-order valence-electron chi connectivity index (χ0n) is 10.2. The van der Waals surface area contributed by atoms with Crippen molar-refractivity contribution < 1.29 is 0 Å². The van der Waals surface area contributed by atoms with E-state index >= 15 is 0 Å². The largest absolute Gasteiger partial charge is 0.367 e. The van der Waals surface area contributed by atoms with E-state index < -0.39 is 0 Å². The van der Waals surface area contributed by atoms with Gasteiger partial charge in [0.1, 0.15) is 0 Å². The SMILES string of the molecule is CC(C)C1CCCN1c1ccc(CN)nc1. The molecule has 0 aromatic carbocycles. The molecule has 0 saturated carbocycles. The third-order valence-corrected chi connectivity index (χ3v) is 3.42. The van der Waals surface area contributed by atoms with Gasteiger partial charge in [-0.2, -0.15) is 0 Å². The molecule has 3 heteroatoms. The van der Waals surface area contributed by atoms with E-state index in [1.807, 2.05) is 12.3 Å². The number of aromatic nitrogens is 1. The molecule has 3 nitrogen and oxygen atoms in total. The molecule has 1 aliphatic rings. The van der Waals surface area contributed by atoms with Crippen LogP contribution in [0, 0.1) is 5.92 Å². The van der Waals surface area contributed by atoms with Crippen molar-refractivity contribution in [3.8, 4) is 0 Å². The first kappa shape index (κ1) is 11.4. The maximum Gasteiger partial charge on any atom is 0.0555 e. The molecule has 0 amide bonds. The molecule has 0 aliphatic carbocycles. The number of pyridine rings is 1. The summed E-state index contributed by atoms with van der Waals surface area (Å²) in [5.41, 5.74) is 7.76. The van der Waals surface area contributed by atoms with Gasteiger partial charge in [-0.05, 0) is 30.9 Å². The van der Waals surface area contributed by atoms with Gasteiger partial charge in [0, 0.05) is 19.1 Å². The molecule has 0 bridgehead atoms. The minimum atomic E-state index is 0.522. The molecule has 1 fully saturated rings. The first-order chi connectivity index (χ1) is 7.72. The third kappa shape index (κ3) is 2.19. The Kier molecular flexibility index (Phi) is 3.44. The lowest BCUT2D eigenvalue weighted by Gasteiger charge is -2.29. The minimum Gasteiger partial charge on any atom is -0.367 e. The van der Waals surface area contributed by atoms with E-state index in [2.05, 4.69) is 29.8 Å². The van der Waals surface area contributed by atoms with Gasteiger partial charge in [-0.1, -0.05) is 13.8 Å². The smallest absolute Gasteiger partial charge is 0.0555 e. The summed E-state index contributed by atoms with van der Waals surface area (Å²) < 4.78 is 0. The molecular formula is C13H21N3. The molecule has 1 saturated heterocycles. The van der Waals surface area contributed by atoms with Crippen LogP contribution in [0.2, 0.25) is 0 Å². The van der Waals surface area contributed by atoms with Crippen LogP contribution in [0.25, 0.3) is 0 Å². The van der Waals surface area contributed by atoms with E-state index in [0.29, 0.717) is 18.5 Å². The molecule has 1 aromatic heterocycles. The summed E-state index contributed by atoms with van der Waals surface area (Å²) in [5, 5.41) is 0. The van der Waals surface area contributed by atoms with Crippen LogP contribution in [-0.4, -0.2) is 17.6 Å². The summed E-state index contributed by atoms with van der Waals surface area (Å²) in [6.07, 6.45) is 4.56. The van der Waals surface area contributed by atoms with Crippen LogP contribution in [-0.2, 0) is 6.54 Å². The second-order valence-corrected chi connectivity index (χ2v) is 4.86. The van der Waals surface area contributed by atoms with E-state index in [9.17, 15) is 0 Å². The van der Waals surface area contributed by atoms with Gasteiger partial charge in [0.25, 0.3) is 0 Å². The highest BCUT2D eigenvalue weighted by Gasteiger charge is 2.27. The number of nitrogens with zero attached hydrogens (tertiary/aromatic N) is 2. The zero-order valence-corrected chi connectivity index (χ0v) is 10.2. The zero-order chi connectivity index (χ0) is 11.5. The standard InChI is InChI=1S/C13H21N3/c1-10(2)13-4-3-7-16(13)12-6-5-11(8-14)15-9-12/h5-6,9-10,13H,3-4,7-8,14H2,1-2H3. The van der Waals surface area contributed by atoms with Crippen molar-refractivity contribution in [1.82, 2.24) is 4.98 Å². The molecule has 0 radical (unpaired) electrons. The molecule has 16 heavy (non-hydrogen) atoms. The molecule has 0 spiro atoms. The highest BCUT2D eigenvalue weighted by atomic mass is 15.2. The molecule has 1 aromatic rings. The molecule has 1 atom stereocenters. The van der Waals surface area contributed by atoms with Crippen LogP contribution >= 0.6 is 0 Å². The minimum absolute atomic E-state index is 0.522. The van der Waals surface area contributed by atoms with Gasteiger partial charge in [-0.3, -0.25) is 4.98 Å². The van der Waals surface area contributed by atoms with Gasteiger partial charge >= 0.3 is 0 Å². The van der Waals surface area contributed by atoms with Gasteiger partial charge in [0.2, 0.25) is 0 Å². The normalized spacial score (nSPS) is 20.8. The van der Waals surface area contributed by atoms with E-state index in [-0.39, 0.29) is 0 Å². The average molecular weight is 219 g/mol. The summed E-state index contributed by atoms with van der Waals surface area (Å²) in [6, 6.07) is 4.85. The summed E-state index contributed by atoms with van der Waals surface area (Å²) >= 11 is 0. The molecular weight excluding hydrogens is 198 g/mol. The number of nitrogens with two attached hydrogens (primary N) is 1. The van der Waals surface area contributed by atoms with Crippen molar-refractivity contribution in [2.45, 2.75) is 39.3 Å². The molecule has 2 rings (SSSR count). The molecule has 2 N–H and O–H groups in total. The maximum absolute atomic E-state index is 5.55. The van der Waals surface area contributed by atoms with Crippen molar-refractivity contribution >= 4 is 5.69 Å². The molecule has 1 unspecified atom stereocenters. The van der Waals surface area contributed by atoms with E-state index in [4.69, 9.17) is 5.73 Å². The first-order valence-electron chi connectivity index (χ1n) is 6.14. The summed E-state index contributed by atoms with van der Waals surface area (Å²) in [6.45, 7) is 6.27. The van der Waals surface area contributed by atoms with E-state index in [1.165, 1.54) is 18.5 Å². The lowest BCUT2D eigenvalue weighted by atomic mass is 10.0. The van der Waals surface area contributed by atoms with Gasteiger partial charge in [0.05, 0.1) is 17.6 Å². The Hall–Kier alpha value is -1.09. The van der Waals surface area contributed by atoms with Crippen molar-refractivity contribution in [2.24, 2.45) is 11.7 Å². The Morgan fingerprint density at radius 2 is 2.31 bits per heavy atom. The monoisotopic (exact) mass is 219 g/mol. The fourth-order valence-corrected chi connectivity index (χ4v) is 2.51. The van der Waals surface area contributed by atoms with Gasteiger partial charge in [0.15, 0.2) is 0 Å². The number of anilines is 1. The Labute approximate surface area is 97.7 Å². The quantitative estimate of drug-likeness (QED) is 0.847. The summed E-state index contributed by atoms with van der Waals surface area (Å²) in [4.78, 5) is 6.85. The van der Waals surface area contributed by atoms with Crippen LogP contribution < -0.4 is 10.6 Å². The van der Waals surface area contributed by atoms with E-state index in [0.717, 1.165) is 12.2 Å². The second kappa shape index (κ2) is 4.83.